The predicted octanol–water partition coefficient (Wildman–Crippen LogP) is 2.36. The van der Waals surface area contributed by atoms with Gasteiger partial charge in [0, 0.05) is 23.8 Å². The van der Waals surface area contributed by atoms with Gasteiger partial charge in [0.25, 0.3) is 0 Å². The van der Waals surface area contributed by atoms with E-state index in [9.17, 15) is 9.90 Å². The number of aliphatic hydroxyl groups is 1. The van der Waals surface area contributed by atoms with Crippen LogP contribution < -0.4 is 10.2 Å². The second-order valence-electron chi connectivity index (χ2n) is 4.35. The maximum Gasteiger partial charge on any atom is 0.239 e. The Morgan fingerprint density at radius 3 is 2.63 bits per heavy atom. The van der Waals surface area contributed by atoms with Gasteiger partial charge in [0.05, 0.1) is 12.6 Å². The van der Waals surface area contributed by atoms with Gasteiger partial charge in [-0.05, 0) is 38.5 Å². The predicted molar refractivity (Wildman–Crippen MR) is 78.7 cm³/mol. The summed E-state index contributed by atoms with van der Waals surface area (Å²) in [7, 11) is 0. The molecule has 1 unspecified atom stereocenters. The van der Waals surface area contributed by atoms with Crippen molar-refractivity contribution in [2.45, 2.75) is 26.9 Å². The number of likely N-dealkylation sites (N-methyl/N-ethyl adjacent to an activating group) is 2. The molecule has 5 heteroatoms. The van der Waals surface area contributed by atoms with Crippen molar-refractivity contribution in [1.29, 1.82) is 0 Å². The third-order valence-corrected chi connectivity index (χ3v) is 3.22. The van der Waals surface area contributed by atoms with Crippen molar-refractivity contribution in [3.05, 3.63) is 28.8 Å². The van der Waals surface area contributed by atoms with E-state index in [-0.39, 0.29) is 5.91 Å². The van der Waals surface area contributed by atoms with Crippen LogP contribution >= 0.6 is 11.6 Å². The number of hydrogen-bond acceptors (Lipinski definition) is 3. The van der Waals surface area contributed by atoms with Crippen molar-refractivity contribution >= 4 is 23.2 Å². The summed E-state index contributed by atoms with van der Waals surface area (Å²) in [5.74, 6) is -0.0138. The quantitative estimate of drug-likeness (QED) is 0.843. The fourth-order valence-corrected chi connectivity index (χ4v) is 2.20. The fraction of sp³-hybridized carbons (Fsp3) is 0.500. The van der Waals surface area contributed by atoms with Gasteiger partial charge in [-0.25, -0.2) is 0 Å². The Hall–Kier alpha value is -1.26. The molecule has 0 radical (unpaired) electrons. The molecule has 0 saturated carbocycles. The van der Waals surface area contributed by atoms with Crippen molar-refractivity contribution in [3.63, 3.8) is 0 Å². The topological polar surface area (TPSA) is 52.6 Å². The highest BCUT2D eigenvalue weighted by molar-refractivity contribution is 6.31. The molecule has 2 N–H and O–H groups in total. The molecule has 0 heterocycles. The lowest BCUT2D eigenvalue weighted by molar-refractivity contribution is -0.119. The van der Waals surface area contributed by atoms with Gasteiger partial charge in [-0.3, -0.25) is 4.79 Å². The lowest BCUT2D eigenvalue weighted by Gasteiger charge is -2.23. The minimum Gasteiger partial charge on any atom is -0.389 e. The minimum atomic E-state index is -0.597. The second kappa shape index (κ2) is 7.36. The van der Waals surface area contributed by atoms with Crippen LogP contribution in [-0.2, 0) is 4.79 Å². The minimum absolute atomic E-state index is 0.0138. The first kappa shape index (κ1) is 15.8. The second-order valence-corrected chi connectivity index (χ2v) is 4.76. The summed E-state index contributed by atoms with van der Waals surface area (Å²) >= 11 is 6.14. The van der Waals surface area contributed by atoms with Gasteiger partial charge in [0.15, 0.2) is 0 Å². The summed E-state index contributed by atoms with van der Waals surface area (Å²) in [4.78, 5) is 13.6. The Kier molecular flexibility index (Phi) is 6.12. The first-order chi connectivity index (χ1) is 8.99. The molecule has 0 aliphatic carbocycles. The van der Waals surface area contributed by atoms with Crippen molar-refractivity contribution in [1.82, 2.24) is 5.32 Å². The van der Waals surface area contributed by atoms with Crippen molar-refractivity contribution in [2.24, 2.45) is 0 Å². The highest BCUT2D eigenvalue weighted by Gasteiger charge is 2.12. The molecule has 1 aromatic rings. The SMILES string of the molecule is CCNC(=O)CN(CC)c1ccc(C(C)O)c(Cl)c1. The van der Waals surface area contributed by atoms with Gasteiger partial charge in [0.1, 0.15) is 0 Å². The lowest BCUT2D eigenvalue weighted by atomic mass is 10.1. The number of carbonyl (C=O) groups is 1. The van der Waals surface area contributed by atoms with Gasteiger partial charge < -0.3 is 15.3 Å². The van der Waals surface area contributed by atoms with E-state index in [4.69, 9.17) is 11.6 Å². The molecule has 19 heavy (non-hydrogen) atoms. The van der Waals surface area contributed by atoms with E-state index in [1.54, 1.807) is 19.1 Å². The average Bonchev–Trinajstić information content (AvgIpc) is 2.35. The monoisotopic (exact) mass is 284 g/mol. The maximum atomic E-state index is 11.6. The zero-order chi connectivity index (χ0) is 14.4. The third kappa shape index (κ3) is 4.40. The van der Waals surface area contributed by atoms with E-state index in [0.717, 1.165) is 5.69 Å². The average molecular weight is 285 g/mol. The van der Waals surface area contributed by atoms with Crippen LogP contribution in [0.2, 0.25) is 5.02 Å². The van der Waals surface area contributed by atoms with Crippen LogP contribution in [0.15, 0.2) is 18.2 Å². The molecule has 0 aliphatic rings. The van der Waals surface area contributed by atoms with E-state index < -0.39 is 6.10 Å². The zero-order valence-corrected chi connectivity index (χ0v) is 12.4. The largest absolute Gasteiger partial charge is 0.389 e. The van der Waals surface area contributed by atoms with Gasteiger partial charge in [-0.15, -0.1) is 0 Å². The normalized spacial score (nSPS) is 12.1. The molecule has 4 nitrogen and oxygen atoms in total. The van der Waals surface area contributed by atoms with Crippen LogP contribution in [0, 0.1) is 0 Å². The van der Waals surface area contributed by atoms with Crippen LogP contribution in [0.5, 0.6) is 0 Å². The maximum absolute atomic E-state index is 11.6. The molecule has 106 valence electrons. The van der Waals surface area contributed by atoms with Crippen molar-refractivity contribution in [3.8, 4) is 0 Å². The number of halogens is 1. The number of anilines is 1. The first-order valence-electron chi connectivity index (χ1n) is 6.48. The standard InChI is InChI=1S/C14H21ClN2O2/c1-4-16-14(19)9-17(5-2)11-6-7-12(10(3)18)13(15)8-11/h6-8,10,18H,4-5,9H2,1-3H3,(H,16,19). The zero-order valence-electron chi connectivity index (χ0n) is 11.6. The number of hydrogen-bond donors (Lipinski definition) is 2. The Morgan fingerprint density at radius 1 is 1.47 bits per heavy atom. The molecule has 0 bridgehead atoms. The molecule has 1 amide bonds. The summed E-state index contributed by atoms with van der Waals surface area (Å²) in [6.07, 6.45) is -0.597. The van der Waals surface area contributed by atoms with E-state index in [1.165, 1.54) is 0 Å². The molecule has 0 spiro atoms. The van der Waals surface area contributed by atoms with Crippen LogP contribution in [0.4, 0.5) is 5.69 Å². The summed E-state index contributed by atoms with van der Waals surface area (Å²) in [5, 5.41) is 12.8. The van der Waals surface area contributed by atoms with Gasteiger partial charge in [-0.2, -0.15) is 0 Å². The van der Waals surface area contributed by atoms with Gasteiger partial charge in [-0.1, -0.05) is 17.7 Å². The van der Waals surface area contributed by atoms with Crippen molar-refractivity contribution < 1.29 is 9.90 Å². The fourth-order valence-electron chi connectivity index (χ4n) is 1.86. The number of nitrogens with zero attached hydrogens (tertiary/aromatic N) is 1. The Labute approximate surface area is 119 Å². The molecule has 1 aromatic carbocycles. The molecule has 0 saturated heterocycles. The number of carbonyl (C=O) groups excluding carboxylic acids is 1. The Morgan fingerprint density at radius 2 is 2.16 bits per heavy atom. The lowest BCUT2D eigenvalue weighted by Crippen LogP contribution is -2.37. The van der Waals surface area contributed by atoms with E-state index in [0.29, 0.717) is 30.2 Å². The molecular formula is C14H21ClN2O2. The highest BCUT2D eigenvalue weighted by atomic mass is 35.5. The Bertz CT molecular complexity index is 435. The first-order valence-corrected chi connectivity index (χ1v) is 6.86. The van der Waals surface area contributed by atoms with Crippen LogP contribution in [0.3, 0.4) is 0 Å². The van der Waals surface area contributed by atoms with Crippen molar-refractivity contribution in [2.75, 3.05) is 24.5 Å². The van der Waals surface area contributed by atoms with Crippen LogP contribution in [0.1, 0.15) is 32.4 Å². The van der Waals surface area contributed by atoms with E-state index in [1.807, 2.05) is 24.8 Å². The molecule has 0 aliphatic heterocycles. The van der Waals surface area contributed by atoms with Gasteiger partial charge >= 0.3 is 0 Å². The highest BCUT2D eigenvalue weighted by Crippen LogP contribution is 2.27. The number of benzene rings is 1. The summed E-state index contributed by atoms with van der Waals surface area (Å²) < 4.78 is 0. The third-order valence-electron chi connectivity index (χ3n) is 2.89. The van der Waals surface area contributed by atoms with Crippen LogP contribution in [-0.4, -0.2) is 30.6 Å². The van der Waals surface area contributed by atoms with Gasteiger partial charge in [0.2, 0.25) is 5.91 Å². The summed E-state index contributed by atoms with van der Waals surface area (Å²) in [6, 6.07) is 5.45. The molecule has 1 rings (SSSR count). The van der Waals surface area contributed by atoms with E-state index >= 15 is 0 Å². The number of amides is 1. The number of aliphatic hydroxyl groups excluding tert-OH is 1. The van der Waals surface area contributed by atoms with Crippen LogP contribution in [0.25, 0.3) is 0 Å². The number of nitrogens with one attached hydrogen (secondary N) is 1. The summed E-state index contributed by atoms with van der Waals surface area (Å²) in [6.45, 7) is 7.18. The summed E-state index contributed by atoms with van der Waals surface area (Å²) in [5.41, 5.74) is 1.57. The Balaban J connectivity index is 2.87. The molecule has 0 fully saturated rings. The van der Waals surface area contributed by atoms with E-state index in [2.05, 4.69) is 5.32 Å². The molecule has 0 aromatic heterocycles. The molecule has 1 atom stereocenters. The smallest absolute Gasteiger partial charge is 0.239 e. The number of rotatable bonds is 6. The molecular weight excluding hydrogens is 264 g/mol.